The highest BCUT2D eigenvalue weighted by atomic mass is 19.4. The molecule has 1 heterocycles. The van der Waals surface area contributed by atoms with Gasteiger partial charge < -0.3 is 15.5 Å². The van der Waals surface area contributed by atoms with Gasteiger partial charge in [0.15, 0.2) is 5.96 Å². The fourth-order valence-corrected chi connectivity index (χ4v) is 3.08. The van der Waals surface area contributed by atoms with E-state index in [2.05, 4.69) is 15.6 Å². The quantitative estimate of drug-likeness (QED) is 0.572. The van der Waals surface area contributed by atoms with E-state index in [0.717, 1.165) is 32.0 Å². The van der Waals surface area contributed by atoms with Gasteiger partial charge in [-0.2, -0.15) is 13.2 Å². The van der Waals surface area contributed by atoms with E-state index in [9.17, 15) is 18.0 Å². The number of carbonyl (C=O) groups is 1. The van der Waals surface area contributed by atoms with Crippen LogP contribution in [0.5, 0.6) is 0 Å². The van der Waals surface area contributed by atoms with E-state index in [0.29, 0.717) is 24.6 Å². The maximum atomic E-state index is 13.0. The summed E-state index contributed by atoms with van der Waals surface area (Å²) in [5, 5.41) is 6.23. The highest BCUT2D eigenvalue weighted by Gasteiger charge is 2.32. The zero-order valence-corrected chi connectivity index (χ0v) is 16.7. The number of hydrogen-bond acceptors (Lipinski definition) is 2. The molecule has 0 saturated carbocycles. The van der Waals surface area contributed by atoms with Gasteiger partial charge in [0, 0.05) is 31.6 Å². The summed E-state index contributed by atoms with van der Waals surface area (Å²) in [6.07, 6.45) is -2.32. The fourth-order valence-electron chi connectivity index (χ4n) is 3.08. The second kappa shape index (κ2) is 9.30. The Balaban J connectivity index is 2.02. The lowest BCUT2D eigenvalue weighted by Crippen LogP contribution is -2.44. The van der Waals surface area contributed by atoms with Crippen molar-refractivity contribution in [3.05, 3.63) is 35.4 Å². The van der Waals surface area contributed by atoms with Gasteiger partial charge in [-0.15, -0.1) is 0 Å². The summed E-state index contributed by atoms with van der Waals surface area (Å²) in [6, 6.07) is 5.37. The van der Waals surface area contributed by atoms with Gasteiger partial charge in [0.05, 0.1) is 5.56 Å². The molecule has 5 nitrogen and oxygen atoms in total. The Morgan fingerprint density at radius 2 is 1.79 bits per heavy atom. The number of benzene rings is 1. The van der Waals surface area contributed by atoms with Gasteiger partial charge in [0.2, 0.25) is 5.91 Å². The Morgan fingerprint density at radius 1 is 1.14 bits per heavy atom. The maximum Gasteiger partial charge on any atom is 0.416 e. The number of alkyl halides is 3. The van der Waals surface area contributed by atoms with Crippen LogP contribution in [0, 0.1) is 0 Å². The van der Waals surface area contributed by atoms with Crippen molar-refractivity contribution < 1.29 is 18.0 Å². The number of hydrogen-bond donors (Lipinski definition) is 2. The van der Waals surface area contributed by atoms with Crippen LogP contribution < -0.4 is 10.6 Å². The van der Waals surface area contributed by atoms with Crippen LogP contribution in [0.25, 0.3) is 0 Å². The molecule has 1 aliphatic heterocycles. The van der Waals surface area contributed by atoms with Crippen molar-refractivity contribution in [2.24, 2.45) is 4.99 Å². The molecule has 1 fully saturated rings. The van der Waals surface area contributed by atoms with Crippen molar-refractivity contribution >= 4 is 11.9 Å². The molecule has 1 aliphatic rings. The molecule has 1 saturated heterocycles. The Hall–Kier alpha value is -2.25. The van der Waals surface area contributed by atoms with Gasteiger partial charge in [0.1, 0.15) is 6.54 Å². The van der Waals surface area contributed by atoms with Gasteiger partial charge in [0.25, 0.3) is 0 Å². The normalized spacial score (nSPS) is 15.6. The second-order valence-electron chi connectivity index (χ2n) is 7.60. The number of likely N-dealkylation sites (tertiary alicyclic amines) is 1. The van der Waals surface area contributed by atoms with Crippen molar-refractivity contribution in [1.29, 1.82) is 0 Å². The van der Waals surface area contributed by atoms with Crippen LogP contribution in [0.4, 0.5) is 13.2 Å². The molecule has 0 atom stereocenters. The van der Waals surface area contributed by atoms with Crippen LogP contribution in [-0.4, -0.2) is 49.5 Å². The van der Waals surface area contributed by atoms with Gasteiger partial charge in [-0.3, -0.25) is 4.79 Å². The van der Waals surface area contributed by atoms with Crippen LogP contribution in [0.2, 0.25) is 0 Å². The number of nitrogens with zero attached hydrogens (tertiary/aromatic N) is 2. The number of amides is 1. The minimum absolute atomic E-state index is 0.00755. The summed E-state index contributed by atoms with van der Waals surface area (Å²) in [5.74, 6) is 0.474. The Labute approximate surface area is 164 Å². The zero-order chi connectivity index (χ0) is 20.8. The molecule has 0 unspecified atom stereocenters. The summed E-state index contributed by atoms with van der Waals surface area (Å²) in [5.41, 5.74) is -0.634. The average Bonchev–Trinajstić information content (AvgIpc) is 3.18. The first kappa shape index (κ1) is 22.0. The van der Waals surface area contributed by atoms with Crippen molar-refractivity contribution in [2.75, 3.05) is 32.7 Å². The minimum Gasteiger partial charge on any atom is -0.357 e. The molecule has 2 rings (SSSR count). The Kier molecular flexibility index (Phi) is 7.32. The predicted molar refractivity (Wildman–Crippen MR) is 104 cm³/mol. The summed E-state index contributed by atoms with van der Waals surface area (Å²) in [7, 11) is 0. The molecule has 1 amide bonds. The molecule has 8 heteroatoms. The van der Waals surface area contributed by atoms with E-state index in [1.165, 1.54) is 12.1 Å². The number of aliphatic imine (C=N–C) groups is 1. The second-order valence-corrected chi connectivity index (χ2v) is 7.60. The molecular formula is C20H29F3N4O. The third-order valence-electron chi connectivity index (χ3n) is 4.84. The molecular weight excluding hydrogens is 369 g/mol. The molecule has 0 radical (unpaired) electrons. The highest BCUT2D eigenvalue weighted by molar-refractivity contribution is 5.85. The average molecular weight is 398 g/mol. The largest absolute Gasteiger partial charge is 0.416 e. The number of nitrogens with one attached hydrogen (secondary N) is 2. The van der Waals surface area contributed by atoms with Gasteiger partial charge in [-0.25, -0.2) is 4.99 Å². The topological polar surface area (TPSA) is 56.7 Å². The van der Waals surface area contributed by atoms with E-state index < -0.39 is 17.2 Å². The van der Waals surface area contributed by atoms with E-state index in [4.69, 9.17) is 0 Å². The summed E-state index contributed by atoms with van der Waals surface area (Å²) in [6.45, 7) is 8.26. The number of carbonyl (C=O) groups excluding carboxylic acids is 1. The Bertz CT molecular complexity index is 695. The van der Waals surface area contributed by atoms with E-state index in [1.54, 1.807) is 11.0 Å². The highest BCUT2D eigenvalue weighted by Crippen LogP contribution is 2.32. The molecule has 0 bridgehead atoms. The van der Waals surface area contributed by atoms with Crippen LogP contribution >= 0.6 is 0 Å². The van der Waals surface area contributed by atoms with Crippen molar-refractivity contribution in [2.45, 2.75) is 45.2 Å². The molecule has 1 aromatic carbocycles. The van der Waals surface area contributed by atoms with Crippen LogP contribution in [0.1, 0.15) is 44.7 Å². The Morgan fingerprint density at radius 3 is 2.39 bits per heavy atom. The van der Waals surface area contributed by atoms with Crippen LogP contribution in [0.3, 0.4) is 0 Å². The fraction of sp³-hybridized carbons (Fsp3) is 0.600. The van der Waals surface area contributed by atoms with Gasteiger partial charge >= 0.3 is 6.18 Å². The lowest BCUT2D eigenvalue weighted by atomic mass is 9.84. The van der Waals surface area contributed by atoms with Crippen LogP contribution in [-0.2, 0) is 16.4 Å². The lowest BCUT2D eigenvalue weighted by Gasteiger charge is -2.27. The first-order valence-electron chi connectivity index (χ1n) is 9.61. The van der Waals surface area contributed by atoms with Gasteiger partial charge in [-0.05, 0) is 31.4 Å². The lowest BCUT2D eigenvalue weighted by molar-refractivity contribution is -0.137. The summed E-state index contributed by atoms with van der Waals surface area (Å²) in [4.78, 5) is 18.3. The van der Waals surface area contributed by atoms with E-state index in [1.807, 2.05) is 20.8 Å². The molecule has 156 valence electrons. The number of guanidine groups is 1. The van der Waals surface area contributed by atoms with Crippen molar-refractivity contribution in [1.82, 2.24) is 15.5 Å². The number of halogens is 3. The van der Waals surface area contributed by atoms with E-state index >= 15 is 0 Å². The predicted octanol–water partition coefficient (Wildman–Crippen LogP) is 3.16. The third-order valence-corrected chi connectivity index (χ3v) is 4.84. The SMILES string of the molecule is CCNC(=NCC(=O)N1CCCC1)NCC(C)(C)c1cccc(C(F)(F)F)c1. The maximum absolute atomic E-state index is 13.0. The molecule has 2 N–H and O–H groups in total. The molecule has 28 heavy (non-hydrogen) atoms. The van der Waals surface area contributed by atoms with Gasteiger partial charge in [-0.1, -0.05) is 32.0 Å². The summed E-state index contributed by atoms with van der Waals surface area (Å²) < 4.78 is 39.0. The van der Waals surface area contributed by atoms with Crippen molar-refractivity contribution in [3.8, 4) is 0 Å². The van der Waals surface area contributed by atoms with Crippen LogP contribution in [0.15, 0.2) is 29.3 Å². The summed E-state index contributed by atoms with van der Waals surface area (Å²) >= 11 is 0. The zero-order valence-electron chi connectivity index (χ0n) is 16.7. The van der Waals surface area contributed by atoms with E-state index in [-0.39, 0.29) is 12.5 Å². The molecule has 1 aromatic rings. The number of rotatable bonds is 6. The third kappa shape index (κ3) is 6.14. The molecule has 0 spiro atoms. The first-order chi connectivity index (χ1) is 13.1. The monoisotopic (exact) mass is 398 g/mol. The molecule has 0 aromatic heterocycles. The smallest absolute Gasteiger partial charge is 0.357 e. The van der Waals surface area contributed by atoms with Crippen molar-refractivity contribution in [3.63, 3.8) is 0 Å². The molecule has 0 aliphatic carbocycles. The minimum atomic E-state index is -4.37. The first-order valence-corrected chi connectivity index (χ1v) is 9.61. The standard InChI is InChI=1S/C20H29F3N4O/c1-4-24-18(25-13-17(28)27-10-5-6-11-27)26-14-19(2,3)15-8-7-9-16(12-15)20(21,22)23/h7-9,12H,4-6,10-11,13-14H2,1-3H3,(H2,24,25,26).